The molecule has 0 saturated heterocycles. The van der Waals surface area contributed by atoms with Gasteiger partial charge >= 0.3 is 0 Å². The summed E-state index contributed by atoms with van der Waals surface area (Å²) in [4.78, 5) is 14.6. The summed E-state index contributed by atoms with van der Waals surface area (Å²) in [7, 11) is 0. The minimum atomic E-state index is -0.165. The minimum absolute atomic E-state index is 0.126. The van der Waals surface area contributed by atoms with Gasteiger partial charge in [0, 0.05) is 12.2 Å². The normalized spacial score (nSPS) is 18.3. The molecule has 0 radical (unpaired) electrons. The molecular weight excluding hydrogens is 260 g/mol. The SMILES string of the molecule is Cc1cccc(CN2C(=O)C(C)NCc3ccccc32)c1. The number of hydrogen-bond acceptors (Lipinski definition) is 2. The Morgan fingerprint density at radius 2 is 2.00 bits per heavy atom. The number of nitrogens with one attached hydrogen (secondary N) is 1. The second kappa shape index (κ2) is 5.70. The van der Waals surface area contributed by atoms with Gasteiger partial charge in [0.15, 0.2) is 0 Å². The molecule has 21 heavy (non-hydrogen) atoms. The van der Waals surface area contributed by atoms with Crippen LogP contribution in [0.5, 0.6) is 0 Å². The molecule has 1 unspecified atom stereocenters. The van der Waals surface area contributed by atoms with E-state index >= 15 is 0 Å². The van der Waals surface area contributed by atoms with Crippen molar-refractivity contribution in [2.45, 2.75) is 33.0 Å². The third-order valence-corrected chi connectivity index (χ3v) is 3.94. The number of rotatable bonds is 2. The Labute approximate surface area is 125 Å². The number of hydrogen-bond donors (Lipinski definition) is 1. The largest absolute Gasteiger partial charge is 0.306 e. The van der Waals surface area contributed by atoms with Crippen molar-refractivity contribution in [3.63, 3.8) is 0 Å². The number of fused-ring (bicyclic) bond motifs is 1. The van der Waals surface area contributed by atoms with E-state index in [1.165, 1.54) is 11.1 Å². The predicted molar refractivity (Wildman–Crippen MR) is 85.1 cm³/mol. The van der Waals surface area contributed by atoms with Gasteiger partial charge in [-0.15, -0.1) is 0 Å². The van der Waals surface area contributed by atoms with Crippen molar-refractivity contribution < 1.29 is 4.79 Å². The van der Waals surface area contributed by atoms with Crippen molar-refractivity contribution >= 4 is 11.6 Å². The maximum Gasteiger partial charge on any atom is 0.244 e. The molecule has 0 spiro atoms. The van der Waals surface area contributed by atoms with E-state index in [-0.39, 0.29) is 11.9 Å². The van der Waals surface area contributed by atoms with Gasteiger partial charge < -0.3 is 10.2 Å². The predicted octanol–water partition coefficient (Wildman–Crippen LogP) is 3.02. The molecule has 0 aliphatic carbocycles. The Balaban J connectivity index is 1.99. The van der Waals surface area contributed by atoms with Crippen LogP contribution in [-0.4, -0.2) is 11.9 Å². The Bertz CT molecular complexity index is 666. The molecule has 3 rings (SSSR count). The molecule has 1 amide bonds. The van der Waals surface area contributed by atoms with Crippen LogP contribution >= 0.6 is 0 Å². The topological polar surface area (TPSA) is 32.3 Å². The second-order valence-corrected chi connectivity index (χ2v) is 5.64. The Morgan fingerprint density at radius 3 is 2.81 bits per heavy atom. The van der Waals surface area contributed by atoms with Crippen molar-refractivity contribution in [3.8, 4) is 0 Å². The van der Waals surface area contributed by atoms with Crippen molar-refractivity contribution in [1.82, 2.24) is 5.32 Å². The van der Waals surface area contributed by atoms with Crippen LogP contribution in [0.25, 0.3) is 0 Å². The Hall–Kier alpha value is -2.13. The van der Waals surface area contributed by atoms with Gasteiger partial charge in [-0.25, -0.2) is 0 Å². The third kappa shape index (κ3) is 2.83. The van der Waals surface area contributed by atoms with Crippen LogP contribution in [0, 0.1) is 6.92 Å². The molecule has 108 valence electrons. The summed E-state index contributed by atoms with van der Waals surface area (Å²) in [5, 5.41) is 3.29. The lowest BCUT2D eigenvalue weighted by atomic mass is 10.1. The van der Waals surface area contributed by atoms with E-state index in [2.05, 4.69) is 36.5 Å². The number of para-hydroxylation sites is 1. The van der Waals surface area contributed by atoms with E-state index in [1.54, 1.807) is 0 Å². The van der Waals surface area contributed by atoms with E-state index in [9.17, 15) is 4.79 Å². The fourth-order valence-electron chi connectivity index (χ4n) is 2.78. The average Bonchev–Trinajstić information content (AvgIpc) is 2.60. The zero-order valence-electron chi connectivity index (χ0n) is 12.5. The van der Waals surface area contributed by atoms with Gasteiger partial charge in [-0.2, -0.15) is 0 Å². The molecule has 2 aromatic carbocycles. The zero-order valence-corrected chi connectivity index (χ0v) is 12.5. The Kier molecular flexibility index (Phi) is 3.76. The summed E-state index contributed by atoms with van der Waals surface area (Å²) in [6, 6.07) is 16.3. The first kappa shape index (κ1) is 13.8. The van der Waals surface area contributed by atoms with Crippen molar-refractivity contribution in [2.24, 2.45) is 0 Å². The highest BCUT2D eigenvalue weighted by molar-refractivity contribution is 5.98. The standard InChI is InChI=1S/C18H20N2O/c1-13-6-5-7-15(10-13)12-20-17-9-4-3-8-16(17)11-19-14(2)18(20)21/h3-10,14,19H,11-12H2,1-2H3. The molecule has 1 atom stereocenters. The summed E-state index contributed by atoms with van der Waals surface area (Å²) in [5.41, 5.74) is 4.56. The maximum absolute atomic E-state index is 12.7. The number of carbonyl (C=O) groups excluding carboxylic acids is 1. The summed E-state index contributed by atoms with van der Waals surface area (Å²) < 4.78 is 0. The van der Waals surface area contributed by atoms with Gasteiger partial charge in [-0.05, 0) is 31.0 Å². The van der Waals surface area contributed by atoms with Crippen LogP contribution in [0.4, 0.5) is 5.69 Å². The van der Waals surface area contributed by atoms with Gasteiger partial charge in [0.1, 0.15) is 0 Å². The first-order valence-corrected chi connectivity index (χ1v) is 7.33. The highest BCUT2D eigenvalue weighted by atomic mass is 16.2. The number of carbonyl (C=O) groups is 1. The number of nitrogens with zero attached hydrogens (tertiary/aromatic N) is 1. The molecule has 1 aliphatic rings. The van der Waals surface area contributed by atoms with E-state index in [1.807, 2.05) is 36.1 Å². The maximum atomic E-state index is 12.7. The fraction of sp³-hybridized carbons (Fsp3) is 0.278. The zero-order chi connectivity index (χ0) is 14.8. The minimum Gasteiger partial charge on any atom is -0.306 e. The van der Waals surface area contributed by atoms with Gasteiger partial charge in [0.2, 0.25) is 5.91 Å². The Morgan fingerprint density at radius 1 is 1.19 bits per heavy atom. The first-order chi connectivity index (χ1) is 10.1. The van der Waals surface area contributed by atoms with Gasteiger partial charge in [0.05, 0.1) is 12.6 Å². The summed E-state index contributed by atoms with van der Waals surface area (Å²) in [6.45, 7) is 5.35. The molecule has 3 nitrogen and oxygen atoms in total. The highest BCUT2D eigenvalue weighted by Gasteiger charge is 2.26. The number of aryl methyl sites for hydroxylation is 1. The molecule has 0 aromatic heterocycles. The van der Waals surface area contributed by atoms with E-state index < -0.39 is 0 Å². The molecular formula is C18H20N2O. The molecule has 1 heterocycles. The van der Waals surface area contributed by atoms with E-state index in [0.29, 0.717) is 6.54 Å². The van der Waals surface area contributed by atoms with E-state index in [0.717, 1.165) is 17.8 Å². The molecule has 0 fully saturated rings. The van der Waals surface area contributed by atoms with Crippen LogP contribution in [-0.2, 0) is 17.9 Å². The van der Waals surface area contributed by atoms with Crippen molar-refractivity contribution in [2.75, 3.05) is 4.90 Å². The fourth-order valence-corrected chi connectivity index (χ4v) is 2.78. The summed E-state index contributed by atoms with van der Waals surface area (Å²) in [5.74, 6) is 0.126. The van der Waals surface area contributed by atoms with Gasteiger partial charge in [-0.3, -0.25) is 4.79 Å². The summed E-state index contributed by atoms with van der Waals surface area (Å²) >= 11 is 0. The molecule has 2 aromatic rings. The smallest absolute Gasteiger partial charge is 0.244 e. The van der Waals surface area contributed by atoms with E-state index in [4.69, 9.17) is 0 Å². The molecule has 0 bridgehead atoms. The van der Waals surface area contributed by atoms with Crippen LogP contribution in [0.2, 0.25) is 0 Å². The van der Waals surface area contributed by atoms with Crippen molar-refractivity contribution in [1.29, 1.82) is 0 Å². The van der Waals surface area contributed by atoms with Gasteiger partial charge in [0.25, 0.3) is 0 Å². The molecule has 3 heteroatoms. The second-order valence-electron chi connectivity index (χ2n) is 5.64. The third-order valence-electron chi connectivity index (χ3n) is 3.94. The summed E-state index contributed by atoms with van der Waals surface area (Å²) in [6.07, 6.45) is 0. The molecule has 1 N–H and O–H groups in total. The van der Waals surface area contributed by atoms with Crippen LogP contribution < -0.4 is 10.2 Å². The van der Waals surface area contributed by atoms with Gasteiger partial charge in [-0.1, -0.05) is 48.0 Å². The van der Waals surface area contributed by atoms with Crippen molar-refractivity contribution in [3.05, 3.63) is 65.2 Å². The highest BCUT2D eigenvalue weighted by Crippen LogP contribution is 2.26. The lowest BCUT2D eigenvalue weighted by Gasteiger charge is -2.24. The number of anilines is 1. The number of amides is 1. The lowest BCUT2D eigenvalue weighted by Crippen LogP contribution is -2.42. The first-order valence-electron chi connectivity index (χ1n) is 7.33. The van der Waals surface area contributed by atoms with Crippen LogP contribution in [0.1, 0.15) is 23.6 Å². The van der Waals surface area contributed by atoms with Crippen LogP contribution in [0.3, 0.4) is 0 Å². The molecule has 0 saturated carbocycles. The monoisotopic (exact) mass is 280 g/mol. The van der Waals surface area contributed by atoms with Crippen LogP contribution in [0.15, 0.2) is 48.5 Å². The lowest BCUT2D eigenvalue weighted by molar-refractivity contribution is -0.120. The quantitative estimate of drug-likeness (QED) is 0.917. The number of benzene rings is 2. The average molecular weight is 280 g/mol. The molecule has 1 aliphatic heterocycles.